The van der Waals surface area contributed by atoms with Gasteiger partial charge in [0.2, 0.25) is 0 Å². The minimum absolute atomic E-state index is 0.374. The first-order valence-electron chi connectivity index (χ1n) is 6.43. The van der Waals surface area contributed by atoms with Crippen LogP contribution in [0.1, 0.15) is 53.4 Å². The van der Waals surface area contributed by atoms with Crippen LogP contribution in [0.2, 0.25) is 0 Å². The van der Waals surface area contributed by atoms with Crippen LogP contribution in [0.25, 0.3) is 0 Å². The molecule has 2 heteroatoms. The highest BCUT2D eigenvalue weighted by Crippen LogP contribution is 2.30. The highest BCUT2D eigenvalue weighted by atomic mass is 16.3. The summed E-state index contributed by atoms with van der Waals surface area (Å²) in [6.07, 6.45) is 4.07. The second kappa shape index (κ2) is 5.31. The highest BCUT2D eigenvalue weighted by Gasteiger charge is 2.33. The summed E-state index contributed by atoms with van der Waals surface area (Å²) in [7, 11) is 0. The molecule has 0 radical (unpaired) electrons. The monoisotopic (exact) mass is 213 g/mol. The summed E-state index contributed by atoms with van der Waals surface area (Å²) >= 11 is 0. The molecule has 1 rings (SSSR count). The first-order valence-corrected chi connectivity index (χ1v) is 6.43. The average molecular weight is 213 g/mol. The van der Waals surface area contributed by atoms with Crippen LogP contribution in [-0.2, 0) is 0 Å². The topological polar surface area (TPSA) is 23.5 Å². The van der Waals surface area contributed by atoms with Gasteiger partial charge in [-0.3, -0.25) is 0 Å². The fourth-order valence-electron chi connectivity index (χ4n) is 2.45. The van der Waals surface area contributed by atoms with Gasteiger partial charge in [-0.05, 0) is 39.0 Å². The molecule has 0 saturated carbocycles. The molecule has 1 atom stereocenters. The number of piperidine rings is 1. The molecule has 1 fully saturated rings. The zero-order valence-corrected chi connectivity index (χ0v) is 10.8. The molecule has 0 aromatic heterocycles. The van der Waals surface area contributed by atoms with Crippen molar-refractivity contribution in [1.82, 2.24) is 4.90 Å². The largest absolute Gasteiger partial charge is 0.390 e. The van der Waals surface area contributed by atoms with E-state index in [9.17, 15) is 5.11 Å². The lowest BCUT2D eigenvalue weighted by Crippen LogP contribution is -2.47. The second-order valence-electron chi connectivity index (χ2n) is 5.57. The van der Waals surface area contributed by atoms with Crippen LogP contribution in [0, 0.1) is 5.92 Å². The zero-order valence-electron chi connectivity index (χ0n) is 10.8. The van der Waals surface area contributed by atoms with Crippen molar-refractivity contribution in [3.63, 3.8) is 0 Å². The Labute approximate surface area is 94.7 Å². The van der Waals surface area contributed by atoms with Gasteiger partial charge >= 0.3 is 0 Å². The van der Waals surface area contributed by atoms with Gasteiger partial charge in [0.15, 0.2) is 0 Å². The number of hydrogen-bond acceptors (Lipinski definition) is 2. The smallest absolute Gasteiger partial charge is 0.0674 e. The van der Waals surface area contributed by atoms with Gasteiger partial charge in [0.1, 0.15) is 0 Å². The first kappa shape index (κ1) is 13.0. The molecule has 0 aromatic rings. The van der Waals surface area contributed by atoms with E-state index in [4.69, 9.17) is 0 Å². The minimum atomic E-state index is -0.374. The van der Waals surface area contributed by atoms with Crippen LogP contribution in [0.4, 0.5) is 0 Å². The third-order valence-corrected chi connectivity index (χ3v) is 3.88. The summed E-state index contributed by atoms with van der Waals surface area (Å²) in [5.74, 6) is 0.653. The number of aliphatic hydroxyl groups is 1. The van der Waals surface area contributed by atoms with E-state index in [1.54, 1.807) is 0 Å². The lowest BCUT2D eigenvalue weighted by molar-refractivity contribution is -0.0433. The summed E-state index contributed by atoms with van der Waals surface area (Å²) in [6, 6.07) is 0.623. The van der Waals surface area contributed by atoms with Gasteiger partial charge < -0.3 is 10.0 Å². The maximum atomic E-state index is 10.4. The van der Waals surface area contributed by atoms with Crippen molar-refractivity contribution in [2.75, 3.05) is 13.1 Å². The Bertz CT molecular complexity index is 183. The predicted octanol–water partition coefficient (Wildman–Crippen LogP) is 2.66. The van der Waals surface area contributed by atoms with Gasteiger partial charge in [-0.2, -0.15) is 0 Å². The van der Waals surface area contributed by atoms with E-state index in [1.165, 1.54) is 6.42 Å². The van der Waals surface area contributed by atoms with Crippen molar-refractivity contribution in [1.29, 1.82) is 0 Å². The molecule has 2 nitrogen and oxygen atoms in total. The Morgan fingerprint density at radius 1 is 1.20 bits per heavy atom. The predicted molar refractivity (Wildman–Crippen MR) is 65.0 cm³/mol. The van der Waals surface area contributed by atoms with Crippen LogP contribution in [-0.4, -0.2) is 34.7 Å². The molecular formula is C13H27NO. The zero-order chi connectivity index (χ0) is 11.5. The maximum Gasteiger partial charge on any atom is 0.0674 e. The van der Waals surface area contributed by atoms with Crippen LogP contribution in [0.15, 0.2) is 0 Å². The van der Waals surface area contributed by atoms with E-state index in [0.717, 1.165) is 32.4 Å². The summed E-state index contributed by atoms with van der Waals surface area (Å²) in [6.45, 7) is 11.0. The molecule has 1 saturated heterocycles. The highest BCUT2D eigenvalue weighted by molar-refractivity contribution is 4.87. The Morgan fingerprint density at radius 3 is 2.13 bits per heavy atom. The molecule has 0 amide bonds. The molecule has 1 aliphatic rings. The number of nitrogens with zero attached hydrogens (tertiary/aromatic N) is 1. The molecule has 1 heterocycles. The van der Waals surface area contributed by atoms with Crippen molar-refractivity contribution in [3.05, 3.63) is 0 Å². The lowest BCUT2D eigenvalue weighted by Gasteiger charge is -2.41. The van der Waals surface area contributed by atoms with Crippen LogP contribution < -0.4 is 0 Å². The van der Waals surface area contributed by atoms with Crippen molar-refractivity contribution in [3.8, 4) is 0 Å². The molecule has 0 aliphatic carbocycles. The SMILES string of the molecule is CCC(C)CC1(O)CCN(C(C)C)CC1. The minimum Gasteiger partial charge on any atom is -0.390 e. The van der Waals surface area contributed by atoms with E-state index >= 15 is 0 Å². The number of likely N-dealkylation sites (tertiary alicyclic amines) is 1. The second-order valence-corrected chi connectivity index (χ2v) is 5.57. The van der Waals surface area contributed by atoms with Gasteiger partial charge in [0, 0.05) is 19.1 Å². The summed E-state index contributed by atoms with van der Waals surface area (Å²) in [5.41, 5.74) is -0.374. The van der Waals surface area contributed by atoms with E-state index < -0.39 is 0 Å². The number of rotatable bonds is 4. The molecule has 1 unspecified atom stereocenters. The van der Waals surface area contributed by atoms with Crippen LogP contribution in [0.3, 0.4) is 0 Å². The third-order valence-electron chi connectivity index (χ3n) is 3.88. The Balaban J connectivity index is 2.40. The van der Waals surface area contributed by atoms with E-state index in [1.807, 2.05) is 0 Å². The molecule has 0 aromatic carbocycles. The molecule has 90 valence electrons. The van der Waals surface area contributed by atoms with Gasteiger partial charge in [-0.1, -0.05) is 20.3 Å². The molecule has 1 aliphatic heterocycles. The van der Waals surface area contributed by atoms with Gasteiger partial charge in [-0.15, -0.1) is 0 Å². The fourth-order valence-corrected chi connectivity index (χ4v) is 2.45. The van der Waals surface area contributed by atoms with Crippen LogP contribution in [0.5, 0.6) is 0 Å². The first-order chi connectivity index (χ1) is 6.97. The molecule has 15 heavy (non-hydrogen) atoms. The van der Waals surface area contributed by atoms with E-state index in [2.05, 4.69) is 32.6 Å². The summed E-state index contributed by atoms with van der Waals surface area (Å²) in [5, 5.41) is 10.4. The van der Waals surface area contributed by atoms with Crippen molar-refractivity contribution in [2.45, 2.75) is 65.0 Å². The van der Waals surface area contributed by atoms with Crippen molar-refractivity contribution in [2.24, 2.45) is 5.92 Å². The number of hydrogen-bond donors (Lipinski definition) is 1. The van der Waals surface area contributed by atoms with Crippen molar-refractivity contribution < 1.29 is 5.11 Å². The van der Waals surface area contributed by atoms with Gasteiger partial charge in [0.25, 0.3) is 0 Å². The van der Waals surface area contributed by atoms with Crippen LogP contribution >= 0.6 is 0 Å². The average Bonchev–Trinajstić information content (AvgIpc) is 2.17. The molecule has 1 N–H and O–H groups in total. The molecule has 0 bridgehead atoms. The summed E-state index contributed by atoms with van der Waals surface area (Å²) in [4.78, 5) is 2.46. The lowest BCUT2D eigenvalue weighted by atomic mass is 9.82. The van der Waals surface area contributed by atoms with Gasteiger partial charge in [-0.25, -0.2) is 0 Å². The Kier molecular flexibility index (Phi) is 4.60. The van der Waals surface area contributed by atoms with E-state index in [-0.39, 0.29) is 5.60 Å². The molecule has 0 spiro atoms. The molecular weight excluding hydrogens is 186 g/mol. The quantitative estimate of drug-likeness (QED) is 0.776. The van der Waals surface area contributed by atoms with Gasteiger partial charge in [0.05, 0.1) is 5.60 Å². The fraction of sp³-hybridized carbons (Fsp3) is 1.00. The summed E-state index contributed by atoms with van der Waals surface area (Å²) < 4.78 is 0. The standard InChI is InChI=1S/C13H27NO/c1-5-12(4)10-13(15)6-8-14(9-7-13)11(2)3/h11-12,15H,5-10H2,1-4H3. The third kappa shape index (κ3) is 3.76. The Hall–Kier alpha value is -0.0800. The maximum absolute atomic E-state index is 10.4. The Morgan fingerprint density at radius 2 is 1.73 bits per heavy atom. The van der Waals surface area contributed by atoms with Crippen molar-refractivity contribution >= 4 is 0 Å². The van der Waals surface area contributed by atoms with E-state index in [0.29, 0.717) is 12.0 Å². The normalized spacial score (nSPS) is 24.4.